The molecule has 1 unspecified atom stereocenters. The molecule has 3 N–H and O–H groups in total. The van der Waals surface area contributed by atoms with Crippen LogP contribution in [0.1, 0.15) is 19.8 Å². The summed E-state index contributed by atoms with van der Waals surface area (Å²) in [5.41, 5.74) is 4.63. The van der Waals surface area contributed by atoms with Crippen LogP contribution in [0.5, 0.6) is 0 Å². The molecular formula is C7H12N2O3. The number of carboxylic acids is 1. The molecule has 1 fully saturated rings. The highest BCUT2D eigenvalue weighted by atomic mass is 16.4. The van der Waals surface area contributed by atoms with Crippen molar-refractivity contribution in [2.24, 2.45) is 5.73 Å². The van der Waals surface area contributed by atoms with E-state index in [1.807, 2.05) is 6.92 Å². The Hall–Kier alpha value is -1.10. The van der Waals surface area contributed by atoms with Crippen LogP contribution in [0.25, 0.3) is 0 Å². The lowest BCUT2D eigenvalue weighted by atomic mass is 10.2. The summed E-state index contributed by atoms with van der Waals surface area (Å²) in [5.74, 6) is -1.07. The molecule has 0 aromatic heterocycles. The largest absolute Gasteiger partial charge is 0.481 e. The van der Waals surface area contributed by atoms with Crippen LogP contribution in [0.4, 0.5) is 0 Å². The zero-order chi connectivity index (χ0) is 9.35. The maximum absolute atomic E-state index is 11.0. The highest BCUT2D eigenvalue weighted by Gasteiger charge is 2.58. The van der Waals surface area contributed by atoms with E-state index >= 15 is 0 Å². The smallest absolute Gasteiger partial charge is 0.303 e. The lowest BCUT2D eigenvalue weighted by Gasteiger charge is -2.05. The molecule has 1 aliphatic rings. The van der Waals surface area contributed by atoms with Gasteiger partial charge in [0.05, 0.1) is 0 Å². The van der Waals surface area contributed by atoms with E-state index in [9.17, 15) is 9.59 Å². The van der Waals surface area contributed by atoms with Gasteiger partial charge in [-0.05, 0) is 6.92 Å². The first-order chi connectivity index (χ1) is 5.52. The second-order valence-corrected chi connectivity index (χ2v) is 2.87. The Labute approximate surface area is 70.1 Å². The molecule has 0 spiro atoms. The molecule has 1 atom stereocenters. The minimum atomic E-state index is -0.979. The molecule has 1 amide bonds. The van der Waals surface area contributed by atoms with Crippen molar-refractivity contribution in [2.75, 3.05) is 6.54 Å². The Bertz CT molecular complexity index is 229. The van der Waals surface area contributed by atoms with Gasteiger partial charge in [0.1, 0.15) is 0 Å². The van der Waals surface area contributed by atoms with Gasteiger partial charge in [-0.15, -0.1) is 0 Å². The number of hydrogen-bond acceptors (Lipinski definition) is 3. The number of nitrogens with two attached hydrogens (primary N) is 1. The Balaban J connectivity index is 2.43. The van der Waals surface area contributed by atoms with E-state index < -0.39 is 11.6 Å². The van der Waals surface area contributed by atoms with E-state index in [4.69, 9.17) is 10.8 Å². The second-order valence-electron chi connectivity index (χ2n) is 2.87. The zero-order valence-corrected chi connectivity index (χ0v) is 6.91. The van der Waals surface area contributed by atoms with E-state index in [-0.39, 0.29) is 18.7 Å². The minimum absolute atomic E-state index is 0.0568. The molecule has 0 aromatic carbocycles. The van der Waals surface area contributed by atoms with Gasteiger partial charge in [0.25, 0.3) is 5.91 Å². The lowest BCUT2D eigenvalue weighted by molar-refractivity contribution is -0.137. The van der Waals surface area contributed by atoms with Crippen LogP contribution in [-0.2, 0) is 9.59 Å². The van der Waals surface area contributed by atoms with Crippen LogP contribution in [0.15, 0.2) is 0 Å². The fraction of sp³-hybridized carbons (Fsp3) is 0.714. The number of rotatable bonds is 4. The highest BCUT2D eigenvalue weighted by Crippen LogP contribution is 2.32. The normalized spacial score (nSPS) is 27.5. The van der Waals surface area contributed by atoms with Crippen LogP contribution >= 0.6 is 0 Å². The summed E-state index contributed by atoms with van der Waals surface area (Å²) in [5, 5.41) is 8.36. The average Bonchev–Trinajstić information content (AvgIpc) is 2.52. The Kier molecular flexibility index (Phi) is 2.06. The lowest BCUT2D eigenvalue weighted by Crippen LogP contribution is -2.31. The minimum Gasteiger partial charge on any atom is -0.481 e. The molecule has 0 aliphatic carbocycles. The molecule has 1 saturated heterocycles. The summed E-state index contributed by atoms with van der Waals surface area (Å²) in [6, 6.07) is 0. The van der Waals surface area contributed by atoms with Crippen molar-refractivity contribution in [3.8, 4) is 0 Å². The fourth-order valence-electron chi connectivity index (χ4n) is 1.29. The van der Waals surface area contributed by atoms with Crippen molar-refractivity contribution in [1.29, 1.82) is 0 Å². The SMILES string of the molecule is CCN1C(=O)C1(N)CCC(=O)O. The van der Waals surface area contributed by atoms with Gasteiger partial charge >= 0.3 is 5.97 Å². The van der Waals surface area contributed by atoms with Crippen LogP contribution < -0.4 is 5.73 Å². The van der Waals surface area contributed by atoms with Gasteiger partial charge in [0.2, 0.25) is 0 Å². The highest BCUT2D eigenvalue weighted by molar-refractivity contribution is 6.01. The van der Waals surface area contributed by atoms with Crippen molar-refractivity contribution in [2.45, 2.75) is 25.4 Å². The maximum Gasteiger partial charge on any atom is 0.303 e. The van der Waals surface area contributed by atoms with Crippen LogP contribution in [-0.4, -0.2) is 34.1 Å². The third-order valence-corrected chi connectivity index (χ3v) is 2.08. The monoisotopic (exact) mass is 172 g/mol. The molecule has 1 heterocycles. The fourth-order valence-corrected chi connectivity index (χ4v) is 1.29. The quantitative estimate of drug-likeness (QED) is 0.553. The Morgan fingerprint density at radius 1 is 1.75 bits per heavy atom. The molecule has 68 valence electrons. The van der Waals surface area contributed by atoms with Gasteiger partial charge in [0.15, 0.2) is 5.66 Å². The first kappa shape index (κ1) is 8.99. The maximum atomic E-state index is 11.0. The first-order valence-electron chi connectivity index (χ1n) is 3.85. The second kappa shape index (κ2) is 2.75. The van der Waals surface area contributed by atoms with Gasteiger partial charge in [-0.1, -0.05) is 0 Å². The van der Waals surface area contributed by atoms with E-state index in [0.29, 0.717) is 6.54 Å². The molecule has 0 bridgehead atoms. The van der Waals surface area contributed by atoms with Gasteiger partial charge in [-0.3, -0.25) is 9.59 Å². The first-order valence-corrected chi connectivity index (χ1v) is 3.85. The van der Waals surface area contributed by atoms with Crippen LogP contribution in [0, 0.1) is 0 Å². The average molecular weight is 172 g/mol. The van der Waals surface area contributed by atoms with E-state index in [1.165, 1.54) is 4.90 Å². The van der Waals surface area contributed by atoms with Crippen molar-refractivity contribution < 1.29 is 14.7 Å². The van der Waals surface area contributed by atoms with Gasteiger partial charge in [-0.25, -0.2) is 0 Å². The number of nitrogens with zero attached hydrogens (tertiary/aromatic N) is 1. The number of amides is 1. The van der Waals surface area contributed by atoms with Crippen molar-refractivity contribution >= 4 is 11.9 Å². The number of aliphatic carboxylic acids is 1. The zero-order valence-electron chi connectivity index (χ0n) is 6.91. The molecule has 0 radical (unpaired) electrons. The predicted octanol–water partition coefficient (Wildman–Crippen LogP) is -0.632. The van der Waals surface area contributed by atoms with Crippen LogP contribution in [0.3, 0.4) is 0 Å². The predicted molar refractivity (Wildman–Crippen MR) is 41.2 cm³/mol. The van der Waals surface area contributed by atoms with E-state index in [1.54, 1.807) is 0 Å². The summed E-state index contributed by atoms with van der Waals surface area (Å²) < 4.78 is 0. The molecule has 1 aliphatic heterocycles. The third kappa shape index (κ3) is 1.27. The summed E-state index contributed by atoms with van der Waals surface area (Å²) in [4.78, 5) is 22.6. The Morgan fingerprint density at radius 3 is 2.67 bits per heavy atom. The van der Waals surface area contributed by atoms with Gasteiger partial charge in [0, 0.05) is 19.4 Å². The molecule has 5 heteroatoms. The van der Waals surface area contributed by atoms with Crippen LogP contribution in [0.2, 0.25) is 0 Å². The molecule has 0 saturated carbocycles. The molecule has 1 rings (SSSR count). The standard InChI is InChI=1S/C7H12N2O3/c1-2-9-6(12)7(9,8)4-3-5(10)11/h2-4,8H2,1H3,(H,10,11). The number of hydrogen-bond donors (Lipinski definition) is 2. The van der Waals surface area contributed by atoms with E-state index in [0.717, 1.165) is 0 Å². The van der Waals surface area contributed by atoms with E-state index in [2.05, 4.69) is 0 Å². The number of carbonyl (C=O) groups is 2. The number of likely N-dealkylation sites (N-methyl/N-ethyl adjacent to an activating group) is 1. The van der Waals surface area contributed by atoms with Crippen molar-refractivity contribution in [3.05, 3.63) is 0 Å². The molecule has 0 aromatic rings. The van der Waals surface area contributed by atoms with Crippen molar-refractivity contribution in [1.82, 2.24) is 4.90 Å². The van der Waals surface area contributed by atoms with Crippen molar-refractivity contribution in [3.63, 3.8) is 0 Å². The summed E-state index contributed by atoms with van der Waals surface area (Å²) in [6.07, 6.45) is 0.147. The van der Waals surface area contributed by atoms with Gasteiger partial charge < -0.3 is 15.7 Å². The molecular weight excluding hydrogens is 160 g/mol. The summed E-state index contributed by atoms with van der Waals surface area (Å²) >= 11 is 0. The topological polar surface area (TPSA) is 83.4 Å². The summed E-state index contributed by atoms with van der Waals surface area (Å²) in [7, 11) is 0. The number of carboxylic acid groups (broad SMARTS) is 1. The molecule has 12 heavy (non-hydrogen) atoms. The molecule has 5 nitrogen and oxygen atoms in total. The Morgan fingerprint density at radius 2 is 2.33 bits per heavy atom. The third-order valence-electron chi connectivity index (χ3n) is 2.08. The number of carbonyl (C=O) groups excluding carboxylic acids is 1. The summed E-state index contributed by atoms with van der Waals surface area (Å²) in [6.45, 7) is 2.36. The van der Waals surface area contributed by atoms with Gasteiger partial charge in [-0.2, -0.15) is 0 Å².